The fourth-order valence-corrected chi connectivity index (χ4v) is 4.94. The van der Waals surface area contributed by atoms with Crippen LogP contribution in [-0.4, -0.2) is 56.5 Å². The van der Waals surface area contributed by atoms with Gasteiger partial charge >= 0.3 is 0 Å². The van der Waals surface area contributed by atoms with E-state index in [0.717, 1.165) is 12.8 Å². The first-order valence-corrected chi connectivity index (χ1v) is 9.34. The van der Waals surface area contributed by atoms with E-state index in [9.17, 15) is 13.5 Å². The van der Waals surface area contributed by atoms with E-state index in [1.165, 1.54) is 23.5 Å². The van der Waals surface area contributed by atoms with Gasteiger partial charge in [0.05, 0.1) is 30.2 Å². The highest BCUT2D eigenvalue weighted by Gasteiger charge is 2.49. The van der Waals surface area contributed by atoms with E-state index in [4.69, 9.17) is 21.1 Å². The van der Waals surface area contributed by atoms with Gasteiger partial charge in [-0.05, 0) is 43.0 Å². The van der Waals surface area contributed by atoms with Crippen molar-refractivity contribution in [3.05, 3.63) is 29.3 Å². The standard InChI is InChI=1S/C15H20ClNO5S/c1-21-15(18)14-9-22-8-13(10-2-3-10)17(14)23(19,20)12-6-4-11(16)5-7-12/h4-7,10,13-15,18H,2-3,8-9H2,1H3/t13-,14+,15?/m0/s1. The summed E-state index contributed by atoms with van der Waals surface area (Å²) in [6.07, 6.45) is 0.700. The molecule has 1 aromatic carbocycles. The molecule has 23 heavy (non-hydrogen) atoms. The van der Waals surface area contributed by atoms with Gasteiger partial charge in [0.1, 0.15) is 0 Å². The quantitative estimate of drug-likeness (QED) is 0.804. The molecule has 3 atom stereocenters. The molecule has 0 aromatic heterocycles. The molecular formula is C15H20ClNO5S. The fraction of sp³-hybridized carbons (Fsp3) is 0.600. The third-order valence-corrected chi connectivity index (χ3v) is 6.57. The Balaban J connectivity index is 2.00. The van der Waals surface area contributed by atoms with E-state index in [2.05, 4.69) is 0 Å². The fourth-order valence-electron chi connectivity index (χ4n) is 2.98. The Bertz CT molecular complexity index is 646. The second-order valence-corrected chi connectivity index (χ2v) is 8.20. The molecule has 1 N–H and O–H groups in total. The molecule has 1 aliphatic heterocycles. The Morgan fingerprint density at radius 1 is 1.30 bits per heavy atom. The van der Waals surface area contributed by atoms with Crippen molar-refractivity contribution in [3.8, 4) is 0 Å². The normalized spacial score (nSPS) is 27.8. The molecular weight excluding hydrogens is 342 g/mol. The van der Waals surface area contributed by atoms with Crippen LogP contribution in [0.5, 0.6) is 0 Å². The van der Waals surface area contributed by atoms with E-state index in [1.807, 2.05) is 0 Å². The summed E-state index contributed by atoms with van der Waals surface area (Å²) in [4.78, 5) is 0.155. The van der Waals surface area contributed by atoms with E-state index >= 15 is 0 Å². The maximum Gasteiger partial charge on any atom is 0.243 e. The molecule has 3 rings (SSSR count). The van der Waals surface area contributed by atoms with Crippen LogP contribution in [0.25, 0.3) is 0 Å². The minimum absolute atomic E-state index is 0.102. The van der Waals surface area contributed by atoms with Crippen LogP contribution >= 0.6 is 11.6 Å². The number of nitrogens with zero attached hydrogens (tertiary/aromatic N) is 1. The third kappa shape index (κ3) is 3.40. The zero-order valence-electron chi connectivity index (χ0n) is 12.8. The van der Waals surface area contributed by atoms with Gasteiger partial charge in [0, 0.05) is 12.1 Å². The van der Waals surface area contributed by atoms with Crippen LogP contribution in [0.2, 0.25) is 5.02 Å². The first-order valence-electron chi connectivity index (χ1n) is 7.53. The van der Waals surface area contributed by atoms with Crippen molar-refractivity contribution < 1.29 is 23.0 Å². The number of ether oxygens (including phenoxy) is 2. The van der Waals surface area contributed by atoms with Gasteiger partial charge in [0.25, 0.3) is 0 Å². The van der Waals surface area contributed by atoms with Gasteiger partial charge in [0.2, 0.25) is 10.0 Å². The summed E-state index contributed by atoms with van der Waals surface area (Å²) in [5.41, 5.74) is 0. The van der Waals surface area contributed by atoms with Gasteiger partial charge in [-0.3, -0.25) is 0 Å². The molecule has 1 aliphatic carbocycles. The van der Waals surface area contributed by atoms with Crippen LogP contribution in [0.1, 0.15) is 12.8 Å². The lowest BCUT2D eigenvalue weighted by Gasteiger charge is -2.42. The average molecular weight is 362 g/mol. The molecule has 2 fully saturated rings. The lowest BCUT2D eigenvalue weighted by molar-refractivity contribution is -0.154. The van der Waals surface area contributed by atoms with Crippen molar-refractivity contribution in [2.24, 2.45) is 5.92 Å². The largest absolute Gasteiger partial charge is 0.378 e. The summed E-state index contributed by atoms with van der Waals surface area (Å²) in [7, 11) is -2.44. The predicted molar refractivity (Wildman–Crippen MR) is 84.6 cm³/mol. The number of aliphatic hydroxyl groups excluding tert-OH is 1. The lowest BCUT2D eigenvalue weighted by atomic mass is 10.1. The van der Waals surface area contributed by atoms with Crippen LogP contribution in [0.15, 0.2) is 29.2 Å². The molecule has 0 amide bonds. The van der Waals surface area contributed by atoms with Gasteiger partial charge in [-0.1, -0.05) is 11.6 Å². The third-order valence-electron chi connectivity index (χ3n) is 4.36. The zero-order valence-corrected chi connectivity index (χ0v) is 14.3. The molecule has 8 heteroatoms. The zero-order chi connectivity index (χ0) is 16.6. The summed E-state index contributed by atoms with van der Waals surface area (Å²) >= 11 is 5.85. The van der Waals surface area contributed by atoms with E-state index in [1.54, 1.807) is 12.1 Å². The molecule has 1 heterocycles. The molecule has 1 aromatic rings. The van der Waals surface area contributed by atoms with Gasteiger partial charge in [0.15, 0.2) is 6.29 Å². The van der Waals surface area contributed by atoms with Crippen LogP contribution in [-0.2, 0) is 19.5 Å². The van der Waals surface area contributed by atoms with Crippen LogP contribution in [0, 0.1) is 5.92 Å². The summed E-state index contributed by atoms with van der Waals surface area (Å²) in [6, 6.07) is 5.01. The van der Waals surface area contributed by atoms with E-state index in [-0.39, 0.29) is 23.5 Å². The second-order valence-electron chi connectivity index (χ2n) is 5.92. The number of aliphatic hydroxyl groups is 1. The Kier molecular flexibility index (Phi) is 4.96. The number of halogens is 1. The van der Waals surface area contributed by atoms with Crippen LogP contribution in [0.4, 0.5) is 0 Å². The second kappa shape index (κ2) is 6.66. The molecule has 1 unspecified atom stereocenters. The Morgan fingerprint density at radius 2 is 1.96 bits per heavy atom. The van der Waals surface area contributed by atoms with Crippen LogP contribution in [0.3, 0.4) is 0 Å². The van der Waals surface area contributed by atoms with Crippen molar-refractivity contribution >= 4 is 21.6 Å². The lowest BCUT2D eigenvalue weighted by Crippen LogP contribution is -2.60. The van der Waals surface area contributed by atoms with Gasteiger partial charge in [-0.25, -0.2) is 8.42 Å². The number of benzene rings is 1. The maximum atomic E-state index is 13.1. The summed E-state index contributed by atoms with van der Waals surface area (Å²) in [5.74, 6) is 0.268. The predicted octanol–water partition coefficient (Wildman–Crippen LogP) is 1.47. The average Bonchev–Trinajstić information content (AvgIpc) is 3.38. The molecule has 0 spiro atoms. The minimum Gasteiger partial charge on any atom is -0.378 e. The van der Waals surface area contributed by atoms with Crippen LogP contribution < -0.4 is 0 Å². The first-order chi connectivity index (χ1) is 10.9. The van der Waals surface area contributed by atoms with E-state index < -0.39 is 22.4 Å². The maximum absolute atomic E-state index is 13.1. The topological polar surface area (TPSA) is 76.1 Å². The molecule has 0 bridgehead atoms. The highest BCUT2D eigenvalue weighted by Crippen LogP contribution is 2.40. The summed E-state index contributed by atoms with van der Waals surface area (Å²) < 4.78 is 38.1. The number of rotatable bonds is 5. The molecule has 2 aliphatic rings. The monoisotopic (exact) mass is 361 g/mol. The van der Waals surface area contributed by atoms with Gasteiger partial charge in [-0.15, -0.1) is 0 Å². The van der Waals surface area contributed by atoms with Crippen molar-refractivity contribution in [2.45, 2.75) is 36.1 Å². The molecule has 1 saturated heterocycles. The van der Waals surface area contributed by atoms with Gasteiger partial charge in [-0.2, -0.15) is 4.31 Å². The highest BCUT2D eigenvalue weighted by molar-refractivity contribution is 7.89. The smallest absolute Gasteiger partial charge is 0.243 e. The number of sulfonamides is 1. The highest BCUT2D eigenvalue weighted by atomic mass is 35.5. The summed E-state index contributed by atoms with van der Waals surface area (Å²) in [6.45, 7) is 0.440. The van der Waals surface area contributed by atoms with Crippen molar-refractivity contribution in [1.82, 2.24) is 4.31 Å². The van der Waals surface area contributed by atoms with Gasteiger partial charge < -0.3 is 14.6 Å². The number of morpholine rings is 1. The first kappa shape index (κ1) is 17.1. The number of methoxy groups -OCH3 is 1. The van der Waals surface area contributed by atoms with Crippen molar-refractivity contribution in [3.63, 3.8) is 0 Å². The molecule has 0 radical (unpaired) electrons. The molecule has 6 nitrogen and oxygen atoms in total. The summed E-state index contributed by atoms with van der Waals surface area (Å²) in [5, 5.41) is 10.6. The SMILES string of the molecule is COC(O)[C@H]1COC[C@@H](C2CC2)N1S(=O)(=O)c1ccc(Cl)cc1. The number of hydrogen-bond donors (Lipinski definition) is 1. The molecule has 1 saturated carbocycles. The Labute approximate surface area is 141 Å². The van der Waals surface area contributed by atoms with Crippen molar-refractivity contribution in [2.75, 3.05) is 20.3 Å². The molecule has 128 valence electrons. The Morgan fingerprint density at radius 3 is 2.52 bits per heavy atom. The minimum atomic E-state index is -3.78. The number of hydrogen-bond acceptors (Lipinski definition) is 5. The van der Waals surface area contributed by atoms with Crippen molar-refractivity contribution in [1.29, 1.82) is 0 Å². The van der Waals surface area contributed by atoms with E-state index in [0.29, 0.717) is 11.6 Å². The Hall–Kier alpha value is -0.700.